The van der Waals surface area contributed by atoms with Crippen molar-refractivity contribution in [2.24, 2.45) is 0 Å². The van der Waals surface area contributed by atoms with Crippen LogP contribution in [0.3, 0.4) is 0 Å². The van der Waals surface area contributed by atoms with Crippen molar-refractivity contribution in [3.8, 4) is 0 Å². The summed E-state index contributed by atoms with van der Waals surface area (Å²) < 4.78 is 7.43. The summed E-state index contributed by atoms with van der Waals surface area (Å²) in [5.74, 6) is 0.351. The predicted octanol–water partition coefficient (Wildman–Crippen LogP) is 5.82. The highest BCUT2D eigenvalue weighted by Crippen LogP contribution is 2.14. The molecule has 0 aliphatic heterocycles. The zero-order valence-electron chi connectivity index (χ0n) is 20.6. The molecule has 186 valence electrons. The van der Waals surface area contributed by atoms with Gasteiger partial charge < -0.3 is 20.1 Å². The van der Waals surface area contributed by atoms with Gasteiger partial charge in [0.1, 0.15) is 11.8 Å². The first-order valence-corrected chi connectivity index (χ1v) is 13.0. The fourth-order valence-electron chi connectivity index (χ4n) is 3.98. The van der Waals surface area contributed by atoms with Gasteiger partial charge in [0.25, 0.3) is 0 Å². The molecule has 0 aromatic carbocycles. The van der Waals surface area contributed by atoms with E-state index >= 15 is 0 Å². The Bertz CT molecular complexity index is 777. The number of ether oxygens (including phenoxy) is 1. The van der Waals surface area contributed by atoms with Crippen LogP contribution in [0.4, 0.5) is 5.82 Å². The van der Waals surface area contributed by atoms with Crippen molar-refractivity contribution >= 4 is 17.0 Å². The van der Waals surface area contributed by atoms with Crippen LogP contribution >= 0.6 is 0 Å². The molecular formula is C26H45N5O2. The lowest BCUT2D eigenvalue weighted by Gasteiger charge is -2.12. The largest absolute Gasteiger partial charge is 0.389 e. The molecular weight excluding hydrogens is 414 g/mol. The second-order valence-electron chi connectivity index (χ2n) is 8.99. The number of nitrogen functional groups attached to an aromatic ring is 1. The number of anilines is 1. The van der Waals surface area contributed by atoms with Gasteiger partial charge in [-0.05, 0) is 32.1 Å². The van der Waals surface area contributed by atoms with Crippen LogP contribution in [0.1, 0.15) is 96.8 Å². The normalized spacial score (nSPS) is 12.8. The van der Waals surface area contributed by atoms with Crippen molar-refractivity contribution in [2.75, 3.05) is 18.9 Å². The number of hydrogen-bond donors (Lipinski definition) is 2. The lowest BCUT2D eigenvalue weighted by Crippen LogP contribution is -2.22. The molecule has 3 N–H and O–H groups in total. The van der Waals surface area contributed by atoms with Gasteiger partial charge in [0.15, 0.2) is 11.5 Å². The number of aromatic nitrogens is 4. The molecule has 1 unspecified atom stereocenters. The average molecular weight is 460 g/mol. The van der Waals surface area contributed by atoms with Gasteiger partial charge in [-0.15, -0.1) is 0 Å². The van der Waals surface area contributed by atoms with E-state index in [1.165, 1.54) is 89.8 Å². The number of unbranched alkanes of at least 4 members (excludes halogenated alkanes) is 12. The summed E-state index contributed by atoms with van der Waals surface area (Å²) in [6.45, 7) is 3.65. The van der Waals surface area contributed by atoms with Crippen LogP contribution in [-0.2, 0) is 11.3 Å². The van der Waals surface area contributed by atoms with Gasteiger partial charge >= 0.3 is 0 Å². The van der Waals surface area contributed by atoms with E-state index in [0.29, 0.717) is 36.7 Å². The molecule has 0 saturated heterocycles. The third kappa shape index (κ3) is 11.6. The minimum absolute atomic E-state index is 0.311. The Morgan fingerprint density at radius 1 is 0.909 bits per heavy atom. The smallest absolute Gasteiger partial charge is 0.165 e. The number of hydrogen-bond acceptors (Lipinski definition) is 6. The lowest BCUT2D eigenvalue weighted by molar-refractivity contribution is 0.0271. The van der Waals surface area contributed by atoms with E-state index in [2.05, 4.69) is 34.0 Å². The highest BCUT2D eigenvalue weighted by atomic mass is 16.5. The summed E-state index contributed by atoms with van der Waals surface area (Å²) in [6.07, 6.45) is 25.3. The van der Waals surface area contributed by atoms with Crippen molar-refractivity contribution in [3.05, 3.63) is 24.8 Å². The highest BCUT2D eigenvalue weighted by Gasteiger charge is 2.11. The number of fused-ring (bicyclic) bond motifs is 1. The summed E-state index contributed by atoms with van der Waals surface area (Å²) in [6, 6.07) is 0. The molecule has 2 rings (SSSR count). The molecule has 0 fully saturated rings. The fourth-order valence-corrected chi connectivity index (χ4v) is 3.98. The SMILES string of the molecule is CCCCCCCC/C=C\CCCCCCCCOCC(O)Cn1cnc2c(N)ncnc21. The van der Waals surface area contributed by atoms with E-state index in [9.17, 15) is 5.11 Å². The molecule has 2 heterocycles. The van der Waals surface area contributed by atoms with Crippen LogP contribution in [0.25, 0.3) is 11.2 Å². The van der Waals surface area contributed by atoms with Crippen molar-refractivity contribution in [1.29, 1.82) is 0 Å². The van der Waals surface area contributed by atoms with Gasteiger partial charge in [0, 0.05) is 6.61 Å². The van der Waals surface area contributed by atoms with Crippen molar-refractivity contribution in [2.45, 2.75) is 109 Å². The van der Waals surface area contributed by atoms with Crippen LogP contribution in [-0.4, -0.2) is 43.9 Å². The fraction of sp³-hybridized carbons (Fsp3) is 0.731. The quantitative estimate of drug-likeness (QED) is 0.191. The first kappa shape index (κ1) is 27.3. The second-order valence-corrected chi connectivity index (χ2v) is 8.99. The molecule has 7 heteroatoms. The Kier molecular flexibility index (Phi) is 14.4. The summed E-state index contributed by atoms with van der Waals surface area (Å²) in [4.78, 5) is 12.3. The second kappa shape index (κ2) is 17.5. The third-order valence-corrected chi connectivity index (χ3v) is 5.95. The maximum absolute atomic E-state index is 10.2. The van der Waals surface area contributed by atoms with Crippen molar-refractivity contribution in [3.63, 3.8) is 0 Å². The lowest BCUT2D eigenvalue weighted by atomic mass is 10.1. The summed E-state index contributed by atoms with van der Waals surface area (Å²) in [5, 5.41) is 10.2. The van der Waals surface area contributed by atoms with E-state index in [4.69, 9.17) is 10.5 Å². The molecule has 0 bridgehead atoms. The van der Waals surface area contributed by atoms with E-state index in [0.717, 1.165) is 6.42 Å². The number of nitrogens with two attached hydrogens (primary N) is 1. The molecule has 2 aromatic rings. The number of nitrogens with zero attached hydrogens (tertiary/aromatic N) is 4. The highest BCUT2D eigenvalue weighted by molar-refractivity contribution is 5.81. The van der Waals surface area contributed by atoms with Gasteiger partial charge in [-0.1, -0.05) is 76.9 Å². The molecule has 0 aliphatic rings. The summed E-state index contributed by atoms with van der Waals surface area (Å²) in [7, 11) is 0. The van der Waals surface area contributed by atoms with Crippen molar-refractivity contribution < 1.29 is 9.84 Å². The van der Waals surface area contributed by atoms with E-state index in [1.54, 1.807) is 10.9 Å². The van der Waals surface area contributed by atoms with Gasteiger partial charge in [0.05, 0.1) is 25.6 Å². The molecule has 0 radical (unpaired) electrons. The third-order valence-electron chi connectivity index (χ3n) is 5.95. The topological polar surface area (TPSA) is 99.1 Å². The number of aliphatic hydroxyl groups excluding tert-OH is 1. The van der Waals surface area contributed by atoms with Crippen LogP contribution in [0.15, 0.2) is 24.8 Å². The number of aliphatic hydroxyl groups is 1. The maximum atomic E-state index is 10.2. The van der Waals surface area contributed by atoms with E-state index < -0.39 is 6.10 Å². The zero-order valence-corrected chi connectivity index (χ0v) is 20.6. The maximum Gasteiger partial charge on any atom is 0.165 e. The molecule has 0 amide bonds. The average Bonchev–Trinajstić information content (AvgIpc) is 3.22. The Labute approximate surface area is 199 Å². The summed E-state index contributed by atoms with van der Waals surface area (Å²) in [5.41, 5.74) is 6.99. The van der Waals surface area contributed by atoms with E-state index in [-0.39, 0.29) is 0 Å². The van der Waals surface area contributed by atoms with Crippen LogP contribution in [0, 0.1) is 0 Å². The van der Waals surface area contributed by atoms with Crippen LogP contribution in [0.2, 0.25) is 0 Å². The minimum Gasteiger partial charge on any atom is -0.389 e. The standard InChI is InChI=1S/C26H45N5O2/c1-2-3-4-5-6-7-8-9-10-11-12-13-14-15-16-17-18-33-20-23(32)19-31-22-30-24-25(27)28-21-29-26(24)31/h9-10,21-23,32H,2-8,11-20H2,1H3,(H2,27,28,29)/b10-9-. The molecule has 33 heavy (non-hydrogen) atoms. The Morgan fingerprint density at radius 3 is 2.24 bits per heavy atom. The molecule has 0 spiro atoms. The molecule has 1 atom stereocenters. The Morgan fingerprint density at radius 2 is 1.55 bits per heavy atom. The van der Waals surface area contributed by atoms with Gasteiger partial charge in [0.2, 0.25) is 0 Å². The van der Waals surface area contributed by atoms with Crippen LogP contribution < -0.4 is 5.73 Å². The summed E-state index contributed by atoms with van der Waals surface area (Å²) >= 11 is 0. The monoisotopic (exact) mass is 459 g/mol. The van der Waals surface area contributed by atoms with Gasteiger partial charge in [-0.25, -0.2) is 15.0 Å². The molecule has 0 saturated carbocycles. The zero-order chi connectivity index (χ0) is 23.6. The Hall–Kier alpha value is -1.99. The van der Waals surface area contributed by atoms with Crippen molar-refractivity contribution in [1.82, 2.24) is 19.5 Å². The molecule has 2 aromatic heterocycles. The number of rotatable bonds is 20. The number of imidazole rings is 1. The Balaban J connectivity index is 1.37. The predicted molar refractivity (Wildman–Crippen MR) is 136 cm³/mol. The first-order valence-electron chi connectivity index (χ1n) is 13.0. The minimum atomic E-state index is -0.604. The van der Waals surface area contributed by atoms with E-state index in [1.807, 2.05) is 0 Å². The molecule has 0 aliphatic carbocycles. The number of allylic oxidation sites excluding steroid dienone is 2. The molecule has 7 nitrogen and oxygen atoms in total. The van der Waals surface area contributed by atoms with Crippen LogP contribution in [0.5, 0.6) is 0 Å². The first-order chi connectivity index (χ1) is 16.2. The van der Waals surface area contributed by atoms with Gasteiger partial charge in [-0.2, -0.15) is 0 Å². The van der Waals surface area contributed by atoms with Gasteiger partial charge in [-0.3, -0.25) is 0 Å².